The van der Waals surface area contributed by atoms with E-state index in [1.54, 1.807) is 0 Å². The number of carbonyl (C=O) groups is 1. The molecule has 0 amide bonds. The average molecular weight is 214 g/mol. The van der Waals surface area contributed by atoms with Crippen molar-refractivity contribution in [1.82, 2.24) is 4.98 Å². The number of fused-ring (bicyclic) bond motifs is 1. The van der Waals surface area contributed by atoms with Crippen molar-refractivity contribution in [1.29, 1.82) is 0 Å². The lowest BCUT2D eigenvalue weighted by Crippen LogP contribution is -2.29. The molecule has 1 aromatic heterocycles. The van der Waals surface area contributed by atoms with E-state index in [0.717, 1.165) is 36.9 Å². The van der Waals surface area contributed by atoms with Crippen LogP contribution in [0.15, 0.2) is 30.5 Å². The molecule has 2 aromatic rings. The lowest BCUT2D eigenvalue weighted by atomic mass is 10.2. The molecule has 1 aliphatic heterocycles. The van der Waals surface area contributed by atoms with E-state index in [1.807, 2.05) is 18.3 Å². The van der Waals surface area contributed by atoms with Crippen LogP contribution in [0.3, 0.4) is 0 Å². The van der Waals surface area contributed by atoms with Crippen molar-refractivity contribution >= 4 is 22.9 Å². The topological polar surface area (TPSA) is 36.1 Å². The van der Waals surface area contributed by atoms with Crippen LogP contribution in [0, 0.1) is 0 Å². The van der Waals surface area contributed by atoms with E-state index < -0.39 is 0 Å². The maximum Gasteiger partial charge on any atom is 0.142 e. The Hall–Kier alpha value is -1.77. The number of nitrogens with one attached hydrogen (secondary N) is 1. The molecule has 0 saturated carbocycles. The highest BCUT2D eigenvalue weighted by Crippen LogP contribution is 2.31. The Morgan fingerprint density at radius 3 is 3.12 bits per heavy atom. The standard InChI is InChI=1S/C13H14N2O/c16-9-10-4-3-7-15(10)13-8-14-12-6-2-1-5-11(12)13/h1-2,5-6,8-10,14H,3-4,7H2. The van der Waals surface area contributed by atoms with Gasteiger partial charge in [-0.05, 0) is 18.9 Å². The Labute approximate surface area is 94.1 Å². The Morgan fingerprint density at radius 2 is 2.25 bits per heavy atom. The summed E-state index contributed by atoms with van der Waals surface area (Å²) in [6.45, 7) is 0.977. The molecule has 1 unspecified atom stereocenters. The first-order valence-corrected chi connectivity index (χ1v) is 5.68. The molecule has 1 aliphatic rings. The molecular formula is C13H14N2O. The number of benzene rings is 1. The van der Waals surface area contributed by atoms with Gasteiger partial charge < -0.3 is 14.7 Å². The van der Waals surface area contributed by atoms with Crippen LogP contribution in [0.4, 0.5) is 5.69 Å². The number of H-pyrrole nitrogens is 1. The highest BCUT2D eigenvalue weighted by Gasteiger charge is 2.25. The highest BCUT2D eigenvalue weighted by molar-refractivity contribution is 5.94. The number of anilines is 1. The number of aromatic amines is 1. The number of para-hydroxylation sites is 1. The number of nitrogens with zero attached hydrogens (tertiary/aromatic N) is 1. The van der Waals surface area contributed by atoms with Gasteiger partial charge in [0.15, 0.2) is 0 Å². The summed E-state index contributed by atoms with van der Waals surface area (Å²) in [7, 11) is 0. The molecule has 3 heteroatoms. The fourth-order valence-electron chi connectivity index (χ4n) is 2.53. The lowest BCUT2D eigenvalue weighted by Gasteiger charge is -2.21. The van der Waals surface area contributed by atoms with Crippen LogP contribution >= 0.6 is 0 Å². The molecule has 0 radical (unpaired) electrons. The molecule has 1 N–H and O–H groups in total. The minimum absolute atomic E-state index is 0.0548. The van der Waals surface area contributed by atoms with Crippen LogP contribution in [0.2, 0.25) is 0 Å². The molecule has 3 nitrogen and oxygen atoms in total. The van der Waals surface area contributed by atoms with Crippen molar-refractivity contribution in [3.8, 4) is 0 Å². The molecule has 3 rings (SSSR count). The molecule has 1 atom stereocenters. The summed E-state index contributed by atoms with van der Waals surface area (Å²) in [6.07, 6.45) is 5.15. The molecule has 1 saturated heterocycles. The summed E-state index contributed by atoms with van der Waals surface area (Å²) in [6, 6.07) is 8.26. The maximum atomic E-state index is 11.0. The maximum absolute atomic E-state index is 11.0. The van der Waals surface area contributed by atoms with Gasteiger partial charge in [0.2, 0.25) is 0 Å². The third-order valence-electron chi connectivity index (χ3n) is 3.33. The van der Waals surface area contributed by atoms with Crippen molar-refractivity contribution in [2.24, 2.45) is 0 Å². The van der Waals surface area contributed by atoms with E-state index >= 15 is 0 Å². The van der Waals surface area contributed by atoms with Gasteiger partial charge in [-0.25, -0.2) is 0 Å². The highest BCUT2D eigenvalue weighted by atomic mass is 16.1. The zero-order valence-corrected chi connectivity index (χ0v) is 9.02. The van der Waals surface area contributed by atoms with Gasteiger partial charge in [-0.15, -0.1) is 0 Å². The van der Waals surface area contributed by atoms with Crippen molar-refractivity contribution in [2.75, 3.05) is 11.4 Å². The number of rotatable bonds is 2. The van der Waals surface area contributed by atoms with Gasteiger partial charge in [0.25, 0.3) is 0 Å². The normalized spacial score (nSPS) is 20.5. The van der Waals surface area contributed by atoms with Gasteiger partial charge in [-0.2, -0.15) is 0 Å². The SMILES string of the molecule is O=CC1CCCN1c1c[nH]c2ccccc12. The molecule has 0 bridgehead atoms. The predicted octanol–water partition coefficient (Wildman–Crippen LogP) is 2.34. The van der Waals surface area contributed by atoms with Crippen molar-refractivity contribution < 1.29 is 4.79 Å². The largest absolute Gasteiger partial charge is 0.360 e. The van der Waals surface area contributed by atoms with Gasteiger partial charge in [0.05, 0.1) is 11.7 Å². The summed E-state index contributed by atoms with van der Waals surface area (Å²) < 4.78 is 0. The minimum Gasteiger partial charge on any atom is -0.360 e. The van der Waals surface area contributed by atoms with Crippen LogP contribution in [-0.4, -0.2) is 23.9 Å². The fourth-order valence-corrected chi connectivity index (χ4v) is 2.53. The molecule has 0 aliphatic carbocycles. The van der Waals surface area contributed by atoms with E-state index in [1.165, 1.54) is 5.39 Å². The van der Waals surface area contributed by atoms with Gasteiger partial charge in [-0.3, -0.25) is 0 Å². The lowest BCUT2D eigenvalue weighted by molar-refractivity contribution is -0.108. The number of hydrogen-bond donors (Lipinski definition) is 1. The molecule has 1 fully saturated rings. The van der Waals surface area contributed by atoms with E-state index in [9.17, 15) is 4.79 Å². The monoisotopic (exact) mass is 214 g/mol. The van der Waals surface area contributed by atoms with E-state index in [4.69, 9.17) is 0 Å². The van der Waals surface area contributed by atoms with E-state index in [-0.39, 0.29) is 6.04 Å². The minimum atomic E-state index is 0.0548. The average Bonchev–Trinajstić information content (AvgIpc) is 2.94. The third-order valence-corrected chi connectivity index (χ3v) is 3.33. The Bertz CT molecular complexity index is 517. The molecule has 2 heterocycles. The third kappa shape index (κ3) is 1.32. The van der Waals surface area contributed by atoms with Gasteiger partial charge in [0.1, 0.15) is 6.29 Å². The molecular weight excluding hydrogens is 200 g/mol. The van der Waals surface area contributed by atoms with Crippen molar-refractivity contribution in [3.05, 3.63) is 30.5 Å². The number of aldehydes is 1. The second-order valence-corrected chi connectivity index (χ2v) is 4.26. The Morgan fingerprint density at radius 1 is 1.38 bits per heavy atom. The van der Waals surface area contributed by atoms with E-state index in [2.05, 4.69) is 22.0 Å². The van der Waals surface area contributed by atoms with Crippen LogP contribution in [0.25, 0.3) is 10.9 Å². The molecule has 0 spiro atoms. The summed E-state index contributed by atoms with van der Waals surface area (Å²) in [4.78, 5) is 16.4. The first-order chi connectivity index (χ1) is 7.90. The quantitative estimate of drug-likeness (QED) is 0.779. The predicted molar refractivity (Wildman–Crippen MR) is 64.7 cm³/mol. The van der Waals surface area contributed by atoms with Gasteiger partial charge in [-0.1, -0.05) is 18.2 Å². The smallest absolute Gasteiger partial charge is 0.142 e. The number of carbonyl (C=O) groups excluding carboxylic acids is 1. The number of hydrogen-bond acceptors (Lipinski definition) is 2. The van der Waals surface area contributed by atoms with Crippen LogP contribution < -0.4 is 4.90 Å². The van der Waals surface area contributed by atoms with E-state index in [0.29, 0.717) is 0 Å². The second kappa shape index (κ2) is 3.67. The van der Waals surface area contributed by atoms with Crippen molar-refractivity contribution in [2.45, 2.75) is 18.9 Å². The van der Waals surface area contributed by atoms with Gasteiger partial charge in [0, 0.05) is 23.6 Å². The van der Waals surface area contributed by atoms with Crippen LogP contribution in [0.5, 0.6) is 0 Å². The second-order valence-electron chi connectivity index (χ2n) is 4.26. The summed E-state index contributed by atoms with van der Waals surface area (Å²) in [5, 5.41) is 1.20. The zero-order chi connectivity index (χ0) is 11.0. The van der Waals surface area contributed by atoms with Crippen molar-refractivity contribution in [3.63, 3.8) is 0 Å². The Balaban J connectivity index is 2.08. The molecule has 16 heavy (non-hydrogen) atoms. The summed E-state index contributed by atoms with van der Waals surface area (Å²) in [5.74, 6) is 0. The molecule has 82 valence electrons. The zero-order valence-electron chi connectivity index (χ0n) is 9.02. The fraction of sp³-hybridized carbons (Fsp3) is 0.308. The van der Waals surface area contributed by atoms with Crippen LogP contribution in [0.1, 0.15) is 12.8 Å². The first kappa shape index (κ1) is 9.46. The van der Waals surface area contributed by atoms with Gasteiger partial charge >= 0.3 is 0 Å². The number of aromatic nitrogens is 1. The molecule has 1 aromatic carbocycles. The summed E-state index contributed by atoms with van der Waals surface area (Å²) in [5.41, 5.74) is 2.29. The Kier molecular flexibility index (Phi) is 2.17. The first-order valence-electron chi connectivity index (χ1n) is 5.68. The summed E-state index contributed by atoms with van der Waals surface area (Å²) >= 11 is 0. The van der Waals surface area contributed by atoms with Crippen LogP contribution in [-0.2, 0) is 4.79 Å².